The van der Waals surface area contributed by atoms with Gasteiger partial charge >= 0.3 is 0 Å². The normalized spacial score (nSPS) is 16.1. The number of ether oxygens (including phenoxy) is 1. The Bertz CT molecular complexity index is 969. The number of benzene rings is 2. The van der Waals surface area contributed by atoms with Crippen molar-refractivity contribution in [2.24, 2.45) is 0 Å². The first-order valence-corrected chi connectivity index (χ1v) is 10.5. The molecule has 1 aliphatic heterocycles. The zero-order valence-electron chi connectivity index (χ0n) is 15.9. The number of piperazine rings is 1. The third-order valence-electron chi connectivity index (χ3n) is 5.02. The van der Waals surface area contributed by atoms with Crippen LogP contribution in [-0.4, -0.2) is 50.9 Å². The standard InChI is InChI=1S/C19H23N3O5S/c1-15-6-7-17(22(23)24)13-19(15)28(25,26)21-10-8-20(9-11-21)14-16-4-3-5-18(12-16)27-2/h3-7,12-13H,8-11,14H2,1-2H3/p+1. The van der Waals surface area contributed by atoms with Gasteiger partial charge in [0.25, 0.3) is 5.69 Å². The second-order valence-corrected chi connectivity index (χ2v) is 8.80. The van der Waals surface area contributed by atoms with Crippen molar-refractivity contribution >= 4 is 15.7 Å². The van der Waals surface area contributed by atoms with E-state index >= 15 is 0 Å². The van der Waals surface area contributed by atoms with Crippen molar-refractivity contribution in [2.75, 3.05) is 33.3 Å². The monoisotopic (exact) mass is 406 g/mol. The first kappa shape index (κ1) is 20.2. The molecule has 1 fully saturated rings. The summed E-state index contributed by atoms with van der Waals surface area (Å²) in [6, 6.07) is 11.8. The van der Waals surface area contributed by atoms with Gasteiger partial charge in [-0.25, -0.2) is 8.42 Å². The largest absolute Gasteiger partial charge is 0.497 e. The fourth-order valence-corrected chi connectivity index (χ4v) is 5.10. The summed E-state index contributed by atoms with van der Waals surface area (Å²) >= 11 is 0. The van der Waals surface area contributed by atoms with E-state index in [4.69, 9.17) is 4.74 Å². The Kier molecular flexibility index (Phi) is 5.97. The number of nitrogens with zero attached hydrogens (tertiary/aromatic N) is 2. The summed E-state index contributed by atoms with van der Waals surface area (Å²) in [6.07, 6.45) is 0. The van der Waals surface area contributed by atoms with Gasteiger partial charge in [-0.05, 0) is 24.6 Å². The molecule has 0 radical (unpaired) electrons. The molecule has 0 unspecified atom stereocenters. The molecule has 0 amide bonds. The number of rotatable bonds is 6. The number of aryl methyl sites for hydroxylation is 1. The Morgan fingerprint density at radius 2 is 1.89 bits per heavy atom. The van der Waals surface area contributed by atoms with Crippen LogP contribution in [0.5, 0.6) is 5.75 Å². The van der Waals surface area contributed by atoms with E-state index in [-0.39, 0.29) is 10.6 Å². The molecule has 8 nitrogen and oxygen atoms in total. The lowest BCUT2D eigenvalue weighted by molar-refractivity contribution is -0.917. The Labute approximate surface area is 164 Å². The van der Waals surface area contributed by atoms with E-state index < -0.39 is 14.9 Å². The maximum Gasteiger partial charge on any atom is 0.270 e. The molecule has 1 heterocycles. The van der Waals surface area contributed by atoms with E-state index in [2.05, 4.69) is 0 Å². The third kappa shape index (κ3) is 4.32. The summed E-state index contributed by atoms with van der Waals surface area (Å²) in [5.74, 6) is 0.805. The molecule has 2 aromatic rings. The van der Waals surface area contributed by atoms with Gasteiger partial charge in [0.2, 0.25) is 10.0 Å². The van der Waals surface area contributed by atoms with E-state index in [1.807, 2.05) is 24.3 Å². The number of nitro groups is 1. The highest BCUT2D eigenvalue weighted by Crippen LogP contribution is 2.24. The maximum absolute atomic E-state index is 13.0. The van der Waals surface area contributed by atoms with E-state index in [0.29, 0.717) is 31.7 Å². The van der Waals surface area contributed by atoms with E-state index in [9.17, 15) is 18.5 Å². The minimum absolute atomic E-state index is 0.0120. The first-order valence-electron chi connectivity index (χ1n) is 9.03. The molecule has 1 N–H and O–H groups in total. The molecule has 0 spiro atoms. The molecule has 0 aromatic heterocycles. The van der Waals surface area contributed by atoms with Crippen molar-refractivity contribution in [1.82, 2.24) is 4.31 Å². The van der Waals surface area contributed by atoms with Crippen molar-refractivity contribution in [3.8, 4) is 5.75 Å². The predicted octanol–water partition coefficient (Wildman–Crippen LogP) is 1.00. The molecule has 1 saturated heterocycles. The number of sulfonamides is 1. The molecule has 3 rings (SSSR count). The summed E-state index contributed by atoms with van der Waals surface area (Å²) in [4.78, 5) is 11.7. The fraction of sp³-hybridized carbons (Fsp3) is 0.368. The molecule has 0 saturated carbocycles. The van der Waals surface area contributed by atoms with Crippen LogP contribution in [0.4, 0.5) is 5.69 Å². The Balaban J connectivity index is 1.70. The topological polar surface area (TPSA) is 94.2 Å². The van der Waals surface area contributed by atoms with Crippen LogP contribution < -0.4 is 9.64 Å². The third-order valence-corrected chi connectivity index (χ3v) is 7.06. The van der Waals surface area contributed by atoms with Crippen molar-refractivity contribution in [1.29, 1.82) is 0 Å². The lowest BCUT2D eigenvalue weighted by Crippen LogP contribution is -3.13. The van der Waals surface area contributed by atoms with Crippen LogP contribution in [0, 0.1) is 17.0 Å². The van der Waals surface area contributed by atoms with Gasteiger partial charge < -0.3 is 9.64 Å². The number of methoxy groups -OCH3 is 1. The summed E-state index contributed by atoms with van der Waals surface area (Å²) in [7, 11) is -2.13. The van der Waals surface area contributed by atoms with Gasteiger partial charge in [-0.2, -0.15) is 4.31 Å². The molecular weight excluding hydrogens is 382 g/mol. The number of quaternary nitrogens is 1. The van der Waals surface area contributed by atoms with Crippen LogP contribution in [0.25, 0.3) is 0 Å². The van der Waals surface area contributed by atoms with E-state index in [0.717, 1.165) is 23.9 Å². The quantitative estimate of drug-likeness (QED) is 0.571. The average Bonchev–Trinajstić information content (AvgIpc) is 2.68. The van der Waals surface area contributed by atoms with Gasteiger partial charge in [-0.15, -0.1) is 0 Å². The Hall–Kier alpha value is -2.49. The Morgan fingerprint density at radius 1 is 1.18 bits per heavy atom. The molecule has 150 valence electrons. The van der Waals surface area contributed by atoms with Crippen molar-refractivity contribution in [2.45, 2.75) is 18.4 Å². The van der Waals surface area contributed by atoms with E-state index in [1.165, 1.54) is 21.3 Å². The highest BCUT2D eigenvalue weighted by molar-refractivity contribution is 7.89. The van der Waals surface area contributed by atoms with Crippen LogP contribution in [-0.2, 0) is 16.6 Å². The van der Waals surface area contributed by atoms with Crippen LogP contribution in [0.15, 0.2) is 47.4 Å². The predicted molar refractivity (Wildman–Crippen MR) is 104 cm³/mol. The highest BCUT2D eigenvalue weighted by atomic mass is 32.2. The summed E-state index contributed by atoms with van der Waals surface area (Å²) in [6.45, 7) is 4.55. The molecule has 9 heteroatoms. The van der Waals surface area contributed by atoms with Crippen LogP contribution in [0.1, 0.15) is 11.1 Å². The number of hydrogen-bond acceptors (Lipinski definition) is 5. The van der Waals surface area contributed by atoms with Gasteiger partial charge in [0.1, 0.15) is 12.3 Å². The smallest absolute Gasteiger partial charge is 0.270 e. The Morgan fingerprint density at radius 3 is 2.54 bits per heavy atom. The first-order chi connectivity index (χ1) is 13.3. The summed E-state index contributed by atoms with van der Waals surface area (Å²) < 4.78 is 32.7. The molecule has 28 heavy (non-hydrogen) atoms. The van der Waals surface area contributed by atoms with Gasteiger partial charge in [-0.3, -0.25) is 10.1 Å². The molecule has 0 aliphatic carbocycles. The van der Waals surface area contributed by atoms with Crippen molar-refractivity contribution in [3.63, 3.8) is 0 Å². The zero-order valence-corrected chi connectivity index (χ0v) is 16.7. The van der Waals surface area contributed by atoms with Gasteiger partial charge in [-0.1, -0.05) is 18.2 Å². The minimum atomic E-state index is -3.76. The lowest BCUT2D eigenvalue weighted by Gasteiger charge is -2.31. The van der Waals surface area contributed by atoms with Crippen molar-refractivity contribution in [3.05, 3.63) is 63.7 Å². The SMILES string of the molecule is COc1cccc(C[NH+]2CCN(S(=O)(=O)c3cc([N+](=O)[O-])ccc3C)CC2)c1. The molecule has 0 atom stereocenters. The second kappa shape index (κ2) is 8.26. The molecule has 0 bridgehead atoms. The maximum atomic E-state index is 13.0. The van der Waals surface area contributed by atoms with Crippen LogP contribution in [0.2, 0.25) is 0 Å². The van der Waals surface area contributed by atoms with Crippen LogP contribution in [0.3, 0.4) is 0 Å². The average molecular weight is 406 g/mol. The second-order valence-electron chi connectivity index (χ2n) is 6.89. The molecule has 2 aromatic carbocycles. The summed E-state index contributed by atoms with van der Waals surface area (Å²) in [5.41, 5.74) is 1.43. The summed E-state index contributed by atoms with van der Waals surface area (Å²) in [5, 5.41) is 11.0. The highest BCUT2D eigenvalue weighted by Gasteiger charge is 2.32. The van der Waals surface area contributed by atoms with Gasteiger partial charge in [0.05, 0.1) is 43.1 Å². The number of nitro benzene ring substituents is 1. The van der Waals surface area contributed by atoms with Crippen LogP contribution >= 0.6 is 0 Å². The number of nitrogens with one attached hydrogen (secondary N) is 1. The van der Waals surface area contributed by atoms with E-state index in [1.54, 1.807) is 14.0 Å². The zero-order chi connectivity index (χ0) is 20.3. The minimum Gasteiger partial charge on any atom is -0.497 e. The van der Waals surface area contributed by atoms with Gasteiger partial charge in [0, 0.05) is 17.7 Å². The van der Waals surface area contributed by atoms with Gasteiger partial charge in [0.15, 0.2) is 0 Å². The number of hydrogen-bond donors (Lipinski definition) is 1. The molecular formula is C19H24N3O5S+. The molecule has 1 aliphatic rings. The van der Waals surface area contributed by atoms with Crippen molar-refractivity contribution < 1.29 is 23.0 Å². The lowest BCUT2D eigenvalue weighted by atomic mass is 10.2. The number of non-ortho nitro benzene ring substituents is 1. The fourth-order valence-electron chi connectivity index (χ4n) is 3.41.